The molecule has 5 heteroatoms. The zero-order chi connectivity index (χ0) is 18.1. The third kappa shape index (κ3) is 2.84. The lowest BCUT2D eigenvalue weighted by molar-refractivity contribution is 0.386. The number of hydrogen-bond acceptors (Lipinski definition) is 3. The summed E-state index contributed by atoms with van der Waals surface area (Å²) in [5.74, 6) is 0.252. The van der Waals surface area contributed by atoms with Crippen LogP contribution in [0.5, 0.6) is 5.75 Å². The summed E-state index contributed by atoms with van der Waals surface area (Å²) in [7, 11) is 1.43. The number of aromatic nitrogens is 2. The van der Waals surface area contributed by atoms with Crippen molar-refractivity contribution < 1.29 is 9.13 Å². The Labute approximate surface area is 148 Å². The summed E-state index contributed by atoms with van der Waals surface area (Å²) in [5, 5.41) is 0.546. The van der Waals surface area contributed by atoms with Crippen molar-refractivity contribution in [3.05, 3.63) is 82.9 Å². The number of para-hydroxylation sites is 1. The van der Waals surface area contributed by atoms with Crippen molar-refractivity contribution in [1.82, 2.24) is 9.97 Å². The molecule has 0 bridgehead atoms. The van der Waals surface area contributed by atoms with Crippen molar-refractivity contribution >= 4 is 10.9 Å². The van der Waals surface area contributed by atoms with Gasteiger partial charge in [-0.3, -0.25) is 4.79 Å². The van der Waals surface area contributed by atoms with Crippen molar-refractivity contribution in [2.24, 2.45) is 0 Å². The fraction of sp³-hybridized carbons (Fsp3) is 0.0476. The Balaban J connectivity index is 1.81. The Morgan fingerprint density at radius 1 is 0.923 bits per heavy atom. The fourth-order valence-corrected chi connectivity index (χ4v) is 2.92. The summed E-state index contributed by atoms with van der Waals surface area (Å²) in [6, 6.07) is 19.4. The fourth-order valence-electron chi connectivity index (χ4n) is 2.92. The Hall–Kier alpha value is -3.47. The molecule has 4 nitrogen and oxygen atoms in total. The molecule has 0 aliphatic carbocycles. The summed E-state index contributed by atoms with van der Waals surface area (Å²) in [4.78, 5) is 19.6. The lowest BCUT2D eigenvalue weighted by Crippen LogP contribution is -2.09. The van der Waals surface area contributed by atoms with Gasteiger partial charge in [0.15, 0.2) is 11.6 Å². The number of hydrogen-bond donors (Lipinski definition) is 1. The molecule has 3 aromatic carbocycles. The Bertz CT molecular complexity index is 1170. The molecule has 1 aromatic heterocycles. The molecule has 0 unspecified atom stereocenters. The van der Waals surface area contributed by atoms with Gasteiger partial charge in [-0.1, -0.05) is 36.4 Å². The first-order valence-electron chi connectivity index (χ1n) is 8.09. The van der Waals surface area contributed by atoms with Gasteiger partial charge in [-0.15, -0.1) is 0 Å². The molecule has 0 spiro atoms. The molecule has 4 aromatic rings. The van der Waals surface area contributed by atoms with Crippen molar-refractivity contribution in [2.45, 2.75) is 0 Å². The third-order valence-corrected chi connectivity index (χ3v) is 4.23. The Kier molecular flexibility index (Phi) is 3.97. The van der Waals surface area contributed by atoms with E-state index < -0.39 is 5.82 Å². The number of rotatable bonds is 3. The van der Waals surface area contributed by atoms with Crippen LogP contribution in [0.3, 0.4) is 0 Å². The molecule has 0 radical (unpaired) electrons. The van der Waals surface area contributed by atoms with Gasteiger partial charge in [-0.2, -0.15) is 0 Å². The van der Waals surface area contributed by atoms with Gasteiger partial charge in [-0.25, -0.2) is 9.37 Å². The number of aromatic amines is 1. The van der Waals surface area contributed by atoms with Gasteiger partial charge < -0.3 is 9.72 Å². The minimum atomic E-state index is -0.423. The van der Waals surface area contributed by atoms with Crippen LogP contribution in [0, 0.1) is 5.82 Å². The van der Waals surface area contributed by atoms with Crippen molar-refractivity contribution in [1.29, 1.82) is 0 Å². The number of ether oxygens (including phenoxy) is 1. The van der Waals surface area contributed by atoms with E-state index >= 15 is 0 Å². The average Bonchev–Trinajstić information content (AvgIpc) is 2.68. The van der Waals surface area contributed by atoms with Crippen LogP contribution in [-0.4, -0.2) is 17.1 Å². The minimum Gasteiger partial charge on any atom is -0.494 e. The minimum absolute atomic E-state index is 0.188. The van der Waals surface area contributed by atoms with Crippen LogP contribution in [0.15, 0.2) is 71.5 Å². The van der Waals surface area contributed by atoms with Crippen LogP contribution < -0.4 is 10.3 Å². The van der Waals surface area contributed by atoms with E-state index in [9.17, 15) is 9.18 Å². The van der Waals surface area contributed by atoms with Crippen LogP contribution in [-0.2, 0) is 0 Å². The van der Waals surface area contributed by atoms with E-state index in [1.165, 1.54) is 13.2 Å². The predicted molar refractivity (Wildman–Crippen MR) is 99.7 cm³/mol. The van der Waals surface area contributed by atoms with E-state index in [0.29, 0.717) is 22.3 Å². The normalized spacial score (nSPS) is 10.8. The topological polar surface area (TPSA) is 55.0 Å². The van der Waals surface area contributed by atoms with Gasteiger partial charge in [0.05, 0.1) is 18.0 Å². The molecular formula is C21H15FN2O2. The van der Waals surface area contributed by atoms with Gasteiger partial charge in [0.1, 0.15) is 5.82 Å². The largest absolute Gasteiger partial charge is 0.494 e. The molecule has 1 N–H and O–H groups in total. The molecule has 0 fully saturated rings. The third-order valence-electron chi connectivity index (χ3n) is 4.23. The zero-order valence-electron chi connectivity index (χ0n) is 14.0. The van der Waals surface area contributed by atoms with E-state index in [2.05, 4.69) is 9.97 Å². The summed E-state index contributed by atoms with van der Waals surface area (Å²) in [6.07, 6.45) is 0. The molecule has 0 amide bonds. The Morgan fingerprint density at radius 3 is 2.50 bits per heavy atom. The molecule has 4 rings (SSSR count). The first-order valence-corrected chi connectivity index (χ1v) is 8.09. The van der Waals surface area contributed by atoms with Crippen LogP contribution in [0.25, 0.3) is 33.4 Å². The van der Waals surface area contributed by atoms with Crippen molar-refractivity contribution in [3.8, 4) is 28.3 Å². The van der Waals surface area contributed by atoms with Gasteiger partial charge in [0.25, 0.3) is 5.56 Å². The van der Waals surface area contributed by atoms with Gasteiger partial charge in [-0.05, 0) is 41.5 Å². The van der Waals surface area contributed by atoms with Gasteiger partial charge in [0.2, 0.25) is 0 Å². The number of nitrogens with zero attached hydrogens (tertiary/aromatic N) is 1. The molecule has 128 valence electrons. The number of halogens is 1. The average molecular weight is 346 g/mol. The number of H-pyrrole nitrogens is 1. The zero-order valence-corrected chi connectivity index (χ0v) is 14.0. The number of nitrogens with one attached hydrogen (secondary N) is 1. The second kappa shape index (κ2) is 6.44. The van der Waals surface area contributed by atoms with Crippen LogP contribution in [0.4, 0.5) is 4.39 Å². The summed E-state index contributed by atoms with van der Waals surface area (Å²) < 4.78 is 19.0. The highest BCUT2D eigenvalue weighted by atomic mass is 19.1. The highest BCUT2D eigenvalue weighted by molar-refractivity contribution is 5.80. The molecule has 0 aliphatic rings. The molecular weight excluding hydrogens is 331 g/mol. The molecule has 0 saturated heterocycles. The SMILES string of the molecule is COc1ccc(-c2cccc(-c3nc4ccccc4c(=O)[nH]3)c2)cc1F. The lowest BCUT2D eigenvalue weighted by Gasteiger charge is -2.08. The van der Waals surface area contributed by atoms with E-state index in [-0.39, 0.29) is 11.3 Å². The number of benzene rings is 3. The maximum atomic E-state index is 14.0. The van der Waals surface area contributed by atoms with Crippen LogP contribution >= 0.6 is 0 Å². The van der Waals surface area contributed by atoms with E-state index in [0.717, 1.165) is 11.1 Å². The van der Waals surface area contributed by atoms with E-state index in [1.807, 2.05) is 30.3 Å². The highest BCUT2D eigenvalue weighted by Gasteiger charge is 2.09. The summed E-state index contributed by atoms with van der Waals surface area (Å²) in [6.45, 7) is 0. The Morgan fingerprint density at radius 2 is 1.69 bits per heavy atom. The van der Waals surface area contributed by atoms with Crippen LogP contribution in [0.2, 0.25) is 0 Å². The first-order chi connectivity index (χ1) is 12.7. The maximum absolute atomic E-state index is 14.0. The molecule has 26 heavy (non-hydrogen) atoms. The lowest BCUT2D eigenvalue weighted by atomic mass is 10.0. The number of fused-ring (bicyclic) bond motifs is 1. The monoisotopic (exact) mass is 346 g/mol. The van der Waals surface area contributed by atoms with E-state index in [4.69, 9.17) is 4.74 Å². The first kappa shape index (κ1) is 16.0. The molecule has 0 aliphatic heterocycles. The van der Waals surface area contributed by atoms with Gasteiger partial charge in [0, 0.05) is 5.56 Å². The summed E-state index contributed by atoms with van der Waals surface area (Å²) in [5.41, 5.74) is 2.73. The second-order valence-electron chi connectivity index (χ2n) is 5.86. The quantitative estimate of drug-likeness (QED) is 0.598. The second-order valence-corrected chi connectivity index (χ2v) is 5.86. The van der Waals surface area contributed by atoms with Crippen molar-refractivity contribution in [3.63, 3.8) is 0 Å². The molecule has 0 saturated carbocycles. The van der Waals surface area contributed by atoms with Crippen LogP contribution in [0.1, 0.15) is 0 Å². The van der Waals surface area contributed by atoms with Gasteiger partial charge >= 0.3 is 0 Å². The van der Waals surface area contributed by atoms with E-state index in [1.54, 1.807) is 30.3 Å². The summed E-state index contributed by atoms with van der Waals surface area (Å²) >= 11 is 0. The van der Waals surface area contributed by atoms with Crippen molar-refractivity contribution in [2.75, 3.05) is 7.11 Å². The predicted octanol–water partition coefficient (Wildman–Crippen LogP) is 4.40. The molecule has 0 atom stereocenters. The standard InChI is InChI=1S/C21H15FN2O2/c1-26-19-10-9-14(12-17(19)22)13-5-4-6-15(11-13)20-23-18-8-3-2-7-16(18)21(25)24-20/h2-12H,1H3,(H,23,24,25). The molecule has 1 heterocycles. The number of methoxy groups -OCH3 is 1. The maximum Gasteiger partial charge on any atom is 0.259 e. The highest BCUT2D eigenvalue weighted by Crippen LogP contribution is 2.28. The smallest absolute Gasteiger partial charge is 0.259 e.